The van der Waals surface area contributed by atoms with Crippen LogP contribution in [0.4, 0.5) is 0 Å². The summed E-state index contributed by atoms with van der Waals surface area (Å²) in [5, 5.41) is 3.41. The molecule has 0 fully saturated rings. The fourth-order valence-corrected chi connectivity index (χ4v) is 2.90. The summed E-state index contributed by atoms with van der Waals surface area (Å²) in [7, 11) is 3.84. The number of nitrogens with one attached hydrogen (secondary N) is 1. The highest BCUT2D eigenvalue weighted by atomic mass is 32.1. The van der Waals surface area contributed by atoms with E-state index in [1.165, 1.54) is 16.2 Å². The third-order valence-electron chi connectivity index (χ3n) is 3.25. The highest BCUT2D eigenvalue weighted by Gasteiger charge is 2.11. The van der Waals surface area contributed by atoms with Crippen LogP contribution in [0, 0.1) is 0 Å². The van der Waals surface area contributed by atoms with E-state index in [0.29, 0.717) is 12.1 Å². The van der Waals surface area contributed by atoms with Gasteiger partial charge in [0.15, 0.2) is 0 Å². The standard InChI is InChI=1S/C14H25NOS/c1-5-13-8-9-14(17-13)10-12(15-3)7-6-11(2)16-4/h8-9,11-12,15H,5-7,10H2,1-4H3. The van der Waals surface area contributed by atoms with Gasteiger partial charge in [0.1, 0.15) is 0 Å². The Morgan fingerprint density at radius 2 is 2.00 bits per heavy atom. The molecular formula is C14H25NOS. The lowest BCUT2D eigenvalue weighted by molar-refractivity contribution is 0.106. The monoisotopic (exact) mass is 255 g/mol. The minimum absolute atomic E-state index is 0.361. The summed E-state index contributed by atoms with van der Waals surface area (Å²) in [5.41, 5.74) is 0. The van der Waals surface area contributed by atoms with Crippen LogP contribution in [-0.2, 0) is 17.6 Å². The predicted molar refractivity (Wildman–Crippen MR) is 76.0 cm³/mol. The molecule has 0 saturated carbocycles. The minimum atomic E-state index is 0.361. The van der Waals surface area contributed by atoms with Gasteiger partial charge in [0.25, 0.3) is 0 Å². The molecule has 1 heterocycles. The zero-order valence-corrected chi connectivity index (χ0v) is 12.3. The van der Waals surface area contributed by atoms with Crippen molar-refractivity contribution in [1.29, 1.82) is 0 Å². The van der Waals surface area contributed by atoms with Gasteiger partial charge in [0.05, 0.1) is 6.10 Å². The topological polar surface area (TPSA) is 21.3 Å². The van der Waals surface area contributed by atoms with Crippen LogP contribution in [0.15, 0.2) is 12.1 Å². The Hall–Kier alpha value is -0.380. The highest BCUT2D eigenvalue weighted by Crippen LogP contribution is 2.19. The van der Waals surface area contributed by atoms with Crippen LogP contribution in [-0.4, -0.2) is 26.3 Å². The molecule has 0 amide bonds. The molecule has 1 aromatic heterocycles. The van der Waals surface area contributed by atoms with Crippen molar-refractivity contribution in [3.8, 4) is 0 Å². The number of hydrogen-bond acceptors (Lipinski definition) is 3. The van der Waals surface area contributed by atoms with Crippen molar-refractivity contribution in [3.63, 3.8) is 0 Å². The van der Waals surface area contributed by atoms with E-state index in [1.54, 1.807) is 7.11 Å². The summed E-state index contributed by atoms with van der Waals surface area (Å²) in [6.45, 7) is 4.35. The molecule has 0 saturated heterocycles. The van der Waals surface area contributed by atoms with Gasteiger partial charge < -0.3 is 10.1 Å². The van der Waals surface area contributed by atoms with Gasteiger partial charge in [-0.3, -0.25) is 0 Å². The summed E-state index contributed by atoms with van der Waals surface area (Å²) >= 11 is 1.95. The fourth-order valence-electron chi connectivity index (χ4n) is 1.87. The van der Waals surface area contributed by atoms with E-state index < -0.39 is 0 Å². The summed E-state index contributed by atoms with van der Waals surface area (Å²) in [4.78, 5) is 2.98. The first kappa shape index (κ1) is 14.7. The summed E-state index contributed by atoms with van der Waals surface area (Å²) < 4.78 is 5.29. The van der Waals surface area contributed by atoms with Gasteiger partial charge in [-0.25, -0.2) is 0 Å². The van der Waals surface area contributed by atoms with Crippen LogP contribution in [0.1, 0.15) is 36.4 Å². The SMILES string of the molecule is CCc1ccc(CC(CCC(C)OC)NC)s1. The van der Waals surface area contributed by atoms with E-state index in [1.807, 2.05) is 11.3 Å². The van der Waals surface area contributed by atoms with E-state index in [0.717, 1.165) is 19.3 Å². The quantitative estimate of drug-likeness (QED) is 0.770. The van der Waals surface area contributed by atoms with Gasteiger partial charge in [0.2, 0.25) is 0 Å². The normalized spacial score (nSPS) is 14.8. The molecule has 2 nitrogen and oxygen atoms in total. The molecule has 17 heavy (non-hydrogen) atoms. The lowest BCUT2D eigenvalue weighted by atomic mass is 10.0. The molecule has 0 aliphatic carbocycles. The van der Waals surface area contributed by atoms with Crippen LogP contribution < -0.4 is 5.32 Å². The molecule has 0 spiro atoms. The molecule has 0 aromatic carbocycles. The molecule has 2 unspecified atom stereocenters. The summed E-state index contributed by atoms with van der Waals surface area (Å²) in [6, 6.07) is 5.09. The molecule has 1 aromatic rings. The van der Waals surface area contributed by atoms with E-state index in [4.69, 9.17) is 4.74 Å². The number of aryl methyl sites for hydroxylation is 1. The minimum Gasteiger partial charge on any atom is -0.382 e. The van der Waals surface area contributed by atoms with Crippen molar-refractivity contribution in [2.24, 2.45) is 0 Å². The number of rotatable bonds is 8. The second-order valence-corrected chi connectivity index (χ2v) is 5.79. The molecule has 1 rings (SSSR count). The van der Waals surface area contributed by atoms with Gasteiger partial charge in [-0.1, -0.05) is 6.92 Å². The van der Waals surface area contributed by atoms with E-state index >= 15 is 0 Å². The maximum atomic E-state index is 5.29. The van der Waals surface area contributed by atoms with E-state index in [2.05, 4.69) is 38.3 Å². The Morgan fingerprint density at radius 3 is 2.53 bits per heavy atom. The molecule has 0 aliphatic rings. The Bertz CT molecular complexity index is 311. The largest absolute Gasteiger partial charge is 0.382 e. The van der Waals surface area contributed by atoms with Crippen LogP contribution in [0.25, 0.3) is 0 Å². The Kier molecular flexibility index (Phi) is 6.78. The lowest BCUT2D eigenvalue weighted by Crippen LogP contribution is -2.28. The fraction of sp³-hybridized carbons (Fsp3) is 0.714. The van der Waals surface area contributed by atoms with Crippen molar-refractivity contribution in [3.05, 3.63) is 21.9 Å². The lowest BCUT2D eigenvalue weighted by Gasteiger charge is -2.17. The third-order valence-corrected chi connectivity index (χ3v) is 4.50. The molecule has 98 valence electrons. The number of methoxy groups -OCH3 is 1. The van der Waals surface area contributed by atoms with Crippen molar-refractivity contribution in [1.82, 2.24) is 5.32 Å². The number of likely N-dealkylation sites (N-methyl/N-ethyl adjacent to an activating group) is 1. The zero-order chi connectivity index (χ0) is 12.7. The van der Waals surface area contributed by atoms with Crippen molar-refractivity contribution in [2.75, 3.05) is 14.2 Å². The smallest absolute Gasteiger partial charge is 0.0543 e. The average molecular weight is 255 g/mol. The van der Waals surface area contributed by atoms with Crippen LogP contribution >= 0.6 is 11.3 Å². The number of thiophene rings is 1. The first-order valence-electron chi connectivity index (χ1n) is 6.47. The van der Waals surface area contributed by atoms with Crippen LogP contribution in [0.3, 0.4) is 0 Å². The molecule has 0 aliphatic heterocycles. The highest BCUT2D eigenvalue weighted by molar-refractivity contribution is 7.11. The van der Waals surface area contributed by atoms with Crippen molar-refractivity contribution < 1.29 is 4.74 Å². The maximum Gasteiger partial charge on any atom is 0.0543 e. The van der Waals surface area contributed by atoms with Gasteiger partial charge in [0, 0.05) is 22.9 Å². The Labute approximate surface area is 109 Å². The second-order valence-electron chi connectivity index (χ2n) is 4.53. The molecular weight excluding hydrogens is 230 g/mol. The number of ether oxygens (including phenoxy) is 1. The first-order valence-corrected chi connectivity index (χ1v) is 7.28. The third kappa shape index (κ3) is 5.19. The van der Waals surface area contributed by atoms with Crippen LogP contribution in [0.5, 0.6) is 0 Å². The van der Waals surface area contributed by atoms with Gasteiger partial charge in [-0.05, 0) is 51.8 Å². The number of hydrogen-bond donors (Lipinski definition) is 1. The van der Waals surface area contributed by atoms with E-state index in [-0.39, 0.29) is 0 Å². The maximum absolute atomic E-state index is 5.29. The molecule has 1 N–H and O–H groups in total. The van der Waals surface area contributed by atoms with E-state index in [9.17, 15) is 0 Å². The second kappa shape index (κ2) is 7.85. The van der Waals surface area contributed by atoms with Crippen molar-refractivity contribution >= 4 is 11.3 Å². The Morgan fingerprint density at radius 1 is 1.29 bits per heavy atom. The molecule has 0 bridgehead atoms. The summed E-state index contributed by atoms with van der Waals surface area (Å²) in [6.07, 6.45) is 4.94. The predicted octanol–water partition coefficient (Wildman–Crippen LogP) is 3.26. The zero-order valence-electron chi connectivity index (χ0n) is 11.5. The van der Waals surface area contributed by atoms with Crippen LogP contribution in [0.2, 0.25) is 0 Å². The van der Waals surface area contributed by atoms with Crippen molar-refractivity contribution in [2.45, 2.75) is 51.7 Å². The first-order chi connectivity index (χ1) is 8.19. The van der Waals surface area contributed by atoms with Gasteiger partial charge in [-0.2, -0.15) is 0 Å². The van der Waals surface area contributed by atoms with Gasteiger partial charge in [-0.15, -0.1) is 11.3 Å². The molecule has 2 atom stereocenters. The molecule has 3 heteroatoms. The summed E-state index contributed by atoms with van der Waals surface area (Å²) in [5.74, 6) is 0. The van der Waals surface area contributed by atoms with Gasteiger partial charge >= 0.3 is 0 Å². The molecule has 0 radical (unpaired) electrons. The average Bonchev–Trinajstić information content (AvgIpc) is 2.81. The Balaban J connectivity index is 2.40.